The normalized spacial score (nSPS) is 16.5. The molecular weight excluding hydrogens is 200 g/mol. The van der Waals surface area contributed by atoms with E-state index in [1.165, 1.54) is 6.92 Å². The molecule has 6 heteroatoms. The molecule has 0 heterocycles. The fraction of sp³-hybridized carbons (Fsp3) is 0.778. The molecule has 0 aromatic carbocycles. The molecule has 0 aliphatic carbocycles. The van der Waals surface area contributed by atoms with Crippen molar-refractivity contribution in [2.45, 2.75) is 44.9 Å². The maximum atomic E-state index is 11.3. The average molecular weight is 218 g/mol. The van der Waals surface area contributed by atoms with Crippen molar-refractivity contribution in [1.29, 1.82) is 0 Å². The summed E-state index contributed by atoms with van der Waals surface area (Å²) in [6.07, 6.45) is -0.0181. The van der Waals surface area contributed by atoms with Crippen LogP contribution in [0, 0.1) is 0 Å². The molecule has 0 bridgehead atoms. The number of nitrogens with two attached hydrogens (primary N) is 1. The zero-order valence-corrected chi connectivity index (χ0v) is 8.93. The van der Waals surface area contributed by atoms with Gasteiger partial charge in [0.1, 0.15) is 12.1 Å². The molecule has 0 saturated carbocycles. The molecule has 0 saturated heterocycles. The van der Waals surface area contributed by atoms with Gasteiger partial charge in [-0.15, -0.1) is 0 Å². The van der Waals surface area contributed by atoms with Crippen LogP contribution < -0.4 is 11.1 Å². The average Bonchev–Trinajstić information content (AvgIpc) is 2.15. The van der Waals surface area contributed by atoms with E-state index >= 15 is 0 Å². The highest BCUT2D eigenvalue weighted by atomic mass is 16.4. The molecule has 5 N–H and O–H groups in total. The Morgan fingerprint density at radius 3 is 2.33 bits per heavy atom. The monoisotopic (exact) mass is 218 g/mol. The lowest BCUT2D eigenvalue weighted by Gasteiger charge is -2.18. The molecular formula is C9H18N2O4. The van der Waals surface area contributed by atoms with Crippen molar-refractivity contribution in [3.63, 3.8) is 0 Å². The van der Waals surface area contributed by atoms with Crippen LogP contribution in [0.3, 0.4) is 0 Å². The van der Waals surface area contributed by atoms with Crippen LogP contribution in [0.4, 0.5) is 0 Å². The van der Waals surface area contributed by atoms with E-state index in [2.05, 4.69) is 5.32 Å². The van der Waals surface area contributed by atoms with Crippen molar-refractivity contribution in [2.24, 2.45) is 5.73 Å². The van der Waals surface area contributed by atoms with Crippen molar-refractivity contribution >= 4 is 11.9 Å². The lowest BCUT2D eigenvalue weighted by Crippen LogP contribution is -2.52. The van der Waals surface area contributed by atoms with E-state index in [0.717, 1.165) is 0 Å². The molecule has 0 spiro atoms. The first-order chi connectivity index (χ1) is 6.90. The van der Waals surface area contributed by atoms with E-state index in [9.17, 15) is 9.59 Å². The van der Waals surface area contributed by atoms with Crippen LogP contribution >= 0.6 is 0 Å². The Morgan fingerprint density at radius 1 is 1.47 bits per heavy atom. The standard InChI is InChI=1S/C9H18N2O4/c1-3-4-6(9(14)15)11-8(13)7(10)5(2)12/h5-7,12H,3-4,10H2,1-2H3,(H,11,13)(H,14,15)/t5-,6+,7+/m1/s1. The van der Waals surface area contributed by atoms with E-state index < -0.39 is 30.1 Å². The Bertz CT molecular complexity index is 230. The lowest BCUT2D eigenvalue weighted by molar-refractivity contribution is -0.142. The molecule has 0 aliphatic heterocycles. The SMILES string of the molecule is CCC[C@H](NC(=O)[C@@H](N)[C@@H](C)O)C(=O)O. The van der Waals surface area contributed by atoms with Crippen LogP contribution in [-0.2, 0) is 9.59 Å². The number of rotatable bonds is 6. The molecule has 3 atom stereocenters. The molecule has 6 nitrogen and oxygen atoms in total. The number of amides is 1. The maximum absolute atomic E-state index is 11.3. The summed E-state index contributed by atoms with van der Waals surface area (Å²) in [5.74, 6) is -1.74. The number of aliphatic carboxylic acids is 1. The highest BCUT2D eigenvalue weighted by Gasteiger charge is 2.24. The number of nitrogens with one attached hydrogen (secondary N) is 1. The topological polar surface area (TPSA) is 113 Å². The minimum atomic E-state index is -1.09. The molecule has 0 aromatic heterocycles. The van der Waals surface area contributed by atoms with Gasteiger partial charge in [0.05, 0.1) is 6.10 Å². The number of aliphatic hydroxyl groups is 1. The molecule has 15 heavy (non-hydrogen) atoms. The van der Waals surface area contributed by atoms with Gasteiger partial charge in [0.25, 0.3) is 0 Å². The molecule has 88 valence electrons. The van der Waals surface area contributed by atoms with Crippen molar-refractivity contribution in [3.8, 4) is 0 Å². The Kier molecular flexibility index (Phi) is 5.88. The highest BCUT2D eigenvalue weighted by Crippen LogP contribution is 1.98. The second-order valence-corrected chi connectivity index (χ2v) is 3.45. The summed E-state index contributed by atoms with van der Waals surface area (Å²) in [4.78, 5) is 22.0. The zero-order valence-electron chi connectivity index (χ0n) is 8.93. The maximum Gasteiger partial charge on any atom is 0.326 e. The lowest BCUT2D eigenvalue weighted by atomic mass is 10.1. The van der Waals surface area contributed by atoms with Crippen molar-refractivity contribution in [2.75, 3.05) is 0 Å². The number of aliphatic hydroxyl groups excluding tert-OH is 1. The summed E-state index contributed by atoms with van der Waals surface area (Å²) >= 11 is 0. The Morgan fingerprint density at radius 2 is 2.00 bits per heavy atom. The van der Waals surface area contributed by atoms with E-state index in [4.69, 9.17) is 15.9 Å². The third kappa shape index (κ3) is 4.75. The van der Waals surface area contributed by atoms with Crippen molar-refractivity contribution in [1.82, 2.24) is 5.32 Å². The minimum Gasteiger partial charge on any atom is -0.480 e. The molecule has 0 aliphatic rings. The molecule has 0 fully saturated rings. The number of carboxylic acids is 1. The van der Waals surface area contributed by atoms with E-state index in [1.54, 1.807) is 0 Å². The summed E-state index contributed by atoms with van der Waals surface area (Å²) < 4.78 is 0. The van der Waals surface area contributed by atoms with Crippen molar-refractivity contribution in [3.05, 3.63) is 0 Å². The molecule has 0 rings (SSSR count). The summed E-state index contributed by atoms with van der Waals surface area (Å²) in [6, 6.07) is -2.03. The first-order valence-electron chi connectivity index (χ1n) is 4.87. The van der Waals surface area contributed by atoms with Gasteiger partial charge < -0.3 is 21.3 Å². The third-order valence-corrected chi connectivity index (χ3v) is 2.01. The predicted octanol–water partition coefficient (Wildman–Crippen LogP) is -0.936. The first kappa shape index (κ1) is 13.9. The van der Waals surface area contributed by atoms with Crippen LogP contribution in [0.5, 0.6) is 0 Å². The van der Waals surface area contributed by atoms with Gasteiger partial charge in [-0.1, -0.05) is 13.3 Å². The smallest absolute Gasteiger partial charge is 0.326 e. The summed E-state index contributed by atoms with van der Waals surface area (Å²) in [6.45, 7) is 3.19. The second-order valence-electron chi connectivity index (χ2n) is 3.45. The van der Waals surface area contributed by atoms with Crippen LogP contribution in [0.15, 0.2) is 0 Å². The van der Waals surface area contributed by atoms with Crippen LogP contribution in [0.2, 0.25) is 0 Å². The summed E-state index contributed by atoms with van der Waals surface area (Å²) in [5.41, 5.74) is 5.35. The van der Waals surface area contributed by atoms with Gasteiger partial charge in [0, 0.05) is 0 Å². The Hall–Kier alpha value is -1.14. The van der Waals surface area contributed by atoms with E-state index in [0.29, 0.717) is 12.8 Å². The van der Waals surface area contributed by atoms with Crippen LogP contribution in [0.1, 0.15) is 26.7 Å². The molecule has 1 amide bonds. The fourth-order valence-electron chi connectivity index (χ4n) is 1.03. The van der Waals surface area contributed by atoms with Crippen LogP contribution in [0.25, 0.3) is 0 Å². The number of carbonyl (C=O) groups excluding carboxylic acids is 1. The minimum absolute atomic E-state index is 0.341. The van der Waals surface area contributed by atoms with Gasteiger partial charge >= 0.3 is 5.97 Å². The van der Waals surface area contributed by atoms with Gasteiger partial charge in [0.2, 0.25) is 5.91 Å². The van der Waals surface area contributed by atoms with Gasteiger partial charge in [-0.25, -0.2) is 4.79 Å². The van der Waals surface area contributed by atoms with Crippen molar-refractivity contribution < 1.29 is 19.8 Å². The second kappa shape index (κ2) is 6.36. The highest BCUT2D eigenvalue weighted by molar-refractivity contribution is 5.87. The van der Waals surface area contributed by atoms with E-state index in [-0.39, 0.29) is 0 Å². The molecule has 0 aromatic rings. The summed E-state index contributed by atoms with van der Waals surface area (Å²) in [7, 11) is 0. The Labute approximate surface area is 88.5 Å². The Balaban J connectivity index is 4.28. The number of carbonyl (C=O) groups is 2. The number of hydrogen-bond acceptors (Lipinski definition) is 4. The largest absolute Gasteiger partial charge is 0.480 e. The predicted molar refractivity (Wildman–Crippen MR) is 54.1 cm³/mol. The number of carboxylic acid groups (broad SMARTS) is 1. The fourth-order valence-corrected chi connectivity index (χ4v) is 1.03. The summed E-state index contributed by atoms with van der Waals surface area (Å²) in [5, 5.41) is 20.1. The number of hydrogen-bond donors (Lipinski definition) is 4. The zero-order chi connectivity index (χ0) is 12.0. The van der Waals surface area contributed by atoms with Gasteiger partial charge in [-0.3, -0.25) is 4.79 Å². The van der Waals surface area contributed by atoms with Gasteiger partial charge in [-0.05, 0) is 13.3 Å². The van der Waals surface area contributed by atoms with E-state index in [1.807, 2.05) is 6.92 Å². The van der Waals surface area contributed by atoms with Gasteiger partial charge in [0.15, 0.2) is 0 Å². The van der Waals surface area contributed by atoms with Gasteiger partial charge in [-0.2, -0.15) is 0 Å². The first-order valence-corrected chi connectivity index (χ1v) is 4.87. The van der Waals surface area contributed by atoms with Crippen LogP contribution in [-0.4, -0.2) is 40.3 Å². The third-order valence-electron chi connectivity index (χ3n) is 2.01. The molecule has 0 unspecified atom stereocenters. The molecule has 0 radical (unpaired) electrons. The quantitative estimate of drug-likeness (QED) is 0.460.